The van der Waals surface area contributed by atoms with E-state index in [0.29, 0.717) is 0 Å². The molecule has 5 nitrogen and oxygen atoms in total. The van der Waals surface area contributed by atoms with Crippen molar-refractivity contribution in [2.75, 3.05) is 11.5 Å². The van der Waals surface area contributed by atoms with Crippen LogP contribution in [0.4, 0.5) is 0 Å². The van der Waals surface area contributed by atoms with Crippen molar-refractivity contribution in [3.8, 4) is 0 Å². The third-order valence-electron chi connectivity index (χ3n) is 3.85. The minimum atomic E-state index is -3.32. The van der Waals surface area contributed by atoms with Gasteiger partial charge < -0.3 is 10.2 Å². The van der Waals surface area contributed by atoms with Crippen molar-refractivity contribution in [2.45, 2.75) is 32.8 Å². The molecule has 1 aliphatic rings. The summed E-state index contributed by atoms with van der Waals surface area (Å²) in [5.41, 5.74) is -3.09. The average molecular weight is 250 g/mol. The zero-order valence-electron chi connectivity index (χ0n) is 9.73. The Kier molecular flexibility index (Phi) is 3.11. The van der Waals surface area contributed by atoms with Crippen molar-refractivity contribution < 1.29 is 23.4 Å². The van der Waals surface area contributed by atoms with Gasteiger partial charge in [0.1, 0.15) is 0 Å². The van der Waals surface area contributed by atoms with Gasteiger partial charge in [0.05, 0.1) is 22.5 Å². The standard InChI is InChI=1S/C10H18O5S/c1-7(2)9(3,8(11)12)10(13)4-5-16(14,15)6-10/h7,13H,4-6H2,1-3H3,(H,11,12). The fourth-order valence-electron chi connectivity index (χ4n) is 2.23. The SMILES string of the molecule is CC(C)C(C)(C(=O)O)C1(O)CCS(=O)(=O)C1. The number of rotatable bonds is 3. The van der Waals surface area contributed by atoms with Crippen LogP contribution in [0.15, 0.2) is 0 Å². The van der Waals surface area contributed by atoms with Gasteiger partial charge in [-0.15, -0.1) is 0 Å². The minimum absolute atomic E-state index is 0.00366. The van der Waals surface area contributed by atoms with Crippen LogP contribution in [0.3, 0.4) is 0 Å². The maximum atomic E-state index is 11.4. The van der Waals surface area contributed by atoms with Crippen molar-refractivity contribution in [1.82, 2.24) is 0 Å². The van der Waals surface area contributed by atoms with Crippen LogP contribution in [-0.4, -0.2) is 41.7 Å². The number of carbonyl (C=O) groups is 1. The Morgan fingerprint density at radius 1 is 1.44 bits per heavy atom. The van der Waals surface area contributed by atoms with Crippen LogP contribution in [0.2, 0.25) is 0 Å². The van der Waals surface area contributed by atoms with Crippen LogP contribution >= 0.6 is 0 Å². The Morgan fingerprint density at radius 2 is 1.94 bits per heavy atom. The number of aliphatic carboxylic acids is 1. The fraction of sp³-hybridized carbons (Fsp3) is 0.900. The molecule has 0 aromatic heterocycles. The summed E-state index contributed by atoms with van der Waals surface area (Å²) in [5, 5.41) is 19.6. The third kappa shape index (κ3) is 1.84. The van der Waals surface area contributed by atoms with Crippen molar-refractivity contribution in [1.29, 1.82) is 0 Å². The predicted molar refractivity (Wildman–Crippen MR) is 58.8 cm³/mol. The van der Waals surface area contributed by atoms with Crippen LogP contribution in [0.1, 0.15) is 27.2 Å². The first-order valence-electron chi connectivity index (χ1n) is 5.21. The highest BCUT2D eigenvalue weighted by molar-refractivity contribution is 7.91. The molecule has 6 heteroatoms. The topological polar surface area (TPSA) is 91.7 Å². The van der Waals surface area contributed by atoms with Gasteiger partial charge in [-0.3, -0.25) is 4.79 Å². The molecule has 1 rings (SSSR count). The molecule has 1 fully saturated rings. The first-order valence-corrected chi connectivity index (χ1v) is 7.03. The normalized spacial score (nSPS) is 32.6. The monoisotopic (exact) mass is 250 g/mol. The molecule has 0 aromatic carbocycles. The maximum absolute atomic E-state index is 11.4. The second-order valence-corrected chi connectivity index (χ2v) is 7.22. The van der Waals surface area contributed by atoms with E-state index in [0.717, 1.165) is 0 Å². The number of hydrogen-bond donors (Lipinski definition) is 2. The molecule has 0 spiro atoms. The van der Waals surface area contributed by atoms with Crippen molar-refractivity contribution in [2.24, 2.45) is 11.3 Å². The predicted octanol–water partition coefficient (Wildman–Crippen LogP) is 0.283. The first kappa shape index (κ1) is 13.4. The zero-order valence-corrected chi connectivity index (χ0v) is 10.5. The number of carboxylic acids is 1. The number of carboxylic acid groups (broad SMARTS) is 1. The van der Waals surface area contributed by atoms with Gasteiger partial charge in [0.25, 0.3) is 0 Å². The Labute approximate surface area is 95.4 Å². The van der Waals surface area contributed by atoms with Crippen molar-refractivity contribution in [3.05, 3.63) is 0 Å². The van der Waals surface area contributed by atoms with Gasteiger partial charge in [-0.1, -0.05) is 13.8 Å². The van der Waals surface area contributed by atoms with Gasteiger partial charge in [-0.05, 0) is 19.3 Å². The lowest BCUT2D eigenvalue weighted by Gasteiger charge is -2.41. The molecule has 2 atom stereocenters. The number of sulfone groups is 1. The summed E-state index contributed by atoms with van der Waals surface area (Å²) in [5.74, 6) is -2.09. The highest BCUT2D eigenvalue weighted by Crippen LogP contribution is 2.45. The largest absolute Gasteiger partial charge is 0.481 e. The van der Waals surface area contributed by atoms with Gasteiger partial charge in [0, 0.05) is 0 Å². The Morgan fingerprint density at radius 3 is 2.19 bits per heavy atom. The van der Waals surface area contributed by atoms with Crippen molar-refractivity contribution in [3.63, 3.8) is 0 Å². The van der Waals surface area contributed by atoms with Gasteiger partial charge >= 0.3 is 5.97 Å². The zero-order chi connectivity index (χ0) is 12.8. The molecule has 2 N–H and O–H groups in total. The molecule has 0 saturated carbocycles. The highest BCUT2D eigenvalue weighted by atomic mass is 32.2. The molecule has 0 aliphatic carbocycles. The molecule has 1 aliphatic heterocycles. The molecule has 1 heterocycles. The van der Waals surface area contributed by atoms with Gasteiger partial charge in [0.2, 0.25) is 0 Å². The molecule has 0 amide bonds. The van der Waals surface area contributed by atoms with E-state index in [1.807, 2.05) is 0 Å². The summed E-state index contributed by atoms with van der Waals surface area (Å²) in [6.07, 6.45) is -0.00366. The van der Waals surface area contributed by atoms with E-state index in [9.17, 15) is 23.4 Å². The fourth-order valence-corrected chi connectivity index (χ4v) is 4.19. The van der Waals surface area contributed by atoms with E-state index < -0.39 is 32.6 Å². The molecule has 2 unspecified atom stereocenters. The molecular formula is C10H18O5S. The lowest BCUT2D eigenvalue weighted by atomic mass is 9.66. The molecule has 1 saturated heterocycles. The Hall–Kier alpha value is -0.620. The van der Waals surface area contributed by atoms with E-state index in [1.54, 1.807) is 13.8 Å². The molecule has 0 aromatic rings. The summed E-state index contributed by atoms with van der Waals surface area (Å²) < 4.78 is 22.8. The van der Waals surface area contributed by atoms with Crippen LogP contribution in [0, 0.1) is 11.3 Å². The van der Waals surface area contributed by atoms with Gasteiger partial charge in [-0.2, -0.15) is 0 Å². The Bertz CT molecular complexity index is 399. The highest BCUT2D eigenvalue weighted by Gasteiger charge is 2.59. The smallest absolute Gasteiger partial charge is 0.312 e. The van der Waals surface area contributed by atoms with Gasteiger partial charge in [-0.25, -0.2) is 8.42 Å². The number of aliphatic hydroxyl groups is 1. The summed E-state index contributed by atoms with van der Waals surface area (Å²) in [6.45, 7) is 4.77. The summed E-state index contributed by atoms with van der Waals surface area (Å²) in [7, 11) is -3.32. The number of hydrogen-bond acceptors (Lipinski definition) is 4. The first-order chi connectivity index (χ1) is 7.05. The summed E-state index contributed by atoms with van der Waals surface area (Å²) >= 11 is 0. The molecule has 16 heavy (non-hydrogen) atoms. The van der Waals surface area contributed by atoms with E-state index in [-0.39, 0.29) is 18.1 Å². The lowest BCUT2D eigenvalue weighted by molar-refractivity contribution is -0.170. The molecule has 0 radical (unpaired) electrons. The van der Waals surface area contributed by atoms with E-state index >= 15 is 0 Å². The van der Waals surface area contributed by atoms with Crippen LogP contribution in [0.25, 0.3) is 0 Å². The van der Waals surface area contributed by atoms with Gasteiger partial charge in [0.15, 0.2) is 9.84 Å². The lowest BCUT2D eigenvalue weighted by Crippen LogP contribution is -2.55. The molecular weight excluding hydrogens is 232 g/mol. The average Bonchev–Trinajstić information content (AvgIpc) is 2.39. The van der Waals surface area contributed by atoms with Crippen molar-refractivity contribution >= 4 is 15.8 Å². The summed E-state index contributed by atoms with van der Waals surface area (Å²) in [6, 6.07) is 0. The van der Waals surface area contributed by atoms with Crippen LogP contribution in [-0.2, 0) is 14.6 Å². The van der Waals surface area contributed by atoms with Crippen LogP contribution < -0.4 is 0 Å². The molecule has 94 valence electrons. The Balaban J connectivity index is 3.20. The van der Waals surface area contributed by atoms with E-state index in [1.165, 1.54) is 6.92 Å². The van der Waals surface area contributed by atoms with Crippen LogP contribution in [0.5, 0.6) is 0 Å². The minimum Gasteiger partial charge on any atom is -0.481 e. The second-order valence-electron chi connectivity index (χ2n) is 5.04. The quantitative estimate of drug-likeness (QED) is 0.750. The summed E-state index contributed by atoms with van der Waals surface area (Å²) in [4.78, 5) is 11.3. The third-order valence-corrected chi connectivity index (χ3v) is 5.59. The molecule has 0 bridgehead atoms. The van der Waals surface area contributed by atoms with E-state index in [4.69, 9.17) is 0 Å². The second kappa shape index (κ2) is 3.70. The maximum Gasteiger partial charge on any atom is 0.312 e. The van der Waals surface area contributed by atoms with E-state index in [2.05, 4.69) is 0 Å².